The lowest BCUT2D eigenvalue weighted by atomic mass is 9.91. The van der Waals surface area contributed by atoms with Gasteiger partial charge in [-0.25, -0.2) is 0 Å². The zero-order chi connectivity index (χ0) is 8.20. The summed E-state index contributed by atoms with van der Waals surface area (Å²) in [4.78, 5) is 0. The summed E-state index contributed by atoms with van der Waals surface area (Å²) >= 11 is 0. The van der Waals surface area contributed by atoms with Crippen molar-refractivity contribution < 1.29 is 0 Å². The Labute approximate surface area is 63.1 Å². The van der Waals surface area contributed by atoms with Crippen LogP contribution in [0.3, 0.4) is 0 Å². The fourth-order valence-electron chi connectivity index (χ4n) is 0.294. The Bertz CT molecular complexity index is 149. The SMILES string of the molecule is C/C=N\N=C(/C)C(C)(C)C. The van der Waals surface area contributed by atoms with Crippen LogP contribution in [0.4, 0.5) is 0 Å². The smallest absolute Gasteiger partial charge is 0.0428 e. The van der Waals surface area contributed by atoms with E-state index in [2.05, 4.69) is 31.0 Å². The molecule has 0 aliphatic heterocycles. The predicted molar refractivity (Wildman–Crippen MR) is 46.7 cm³/mol. The summed E-state index contributed by atoms with van der Waals surface area (Å²) in [5, 5.41) is 7.80. The van der Waals surface area contributed by atoms with Crippen molar-refractivity contribution in [2.75, 3.05) is 0 Å². The fraction of sp³-hybridized carbons (Fsp3) is 0.750. The van der Waals surface area contributed by atoms with E-state index in [-0.39, 0.29) is 5.41 Å². The van der Waals surface area contributed by atoms with Crippen LogP contribution < -0.4 is 0 Å². The van der Waals surface area contributed by atoms with E-state index >= 15 is 0 Å². The third kappa shape index (κ3) is 3.38. The second-order valence-electron chi connectivity index (χ2n) is 3.31. The molecule has 0 aliphatic carbocycles. The molecule has 58 valence electrons. The van der Waals surface area contributed by atoms with Gasteiger partial charge >= 0.3 is 0 Å². The minimum absolute atomic E-state index is 0.145. The van der Waals surface area contributed by atoms with Crippen molar-refractivity contribution in [1.29, 1.82) is 0 Å². The average Bonchev–Trinajstić information content (AvgIpc) is 1.80. The van der Waals surface area contributed by atoms with Gasteiger partial charge in [-0.3, -0.25) is 0 Å². The van der Waals surface area contributed by atoms with E-state index in [1.165, 1.54) is 0 Å². The monoisotopic (exact) mass is 140 g/mol. The van der Waals surface area contributed by atoms with Gasteiger partial charge in [0.25, 0.3) is 0 Å². The fourth-order valence-corrected chi connectivity index (χ4v) is 0.294. The molecule has 0 aromatic heterocycles. The van der Waals surface area contributed by atoms with Crippen LogP contribution in [0.2, 0.25) is 0 Å². The number of hydrogen-bond acceptors (Lipinski definition) is 2. The summed E-state index contributed by atoms with van der Waals surface area (Å²) in [6, 6.07) is 0. The van der Waals surface area contributed by atoms with E-state index in [9.17, 15) is 0 Å². The molecule has 0 radical (unpaired) electrons. The van der Waals surface area contributed by atoms with Crippen molar-refractivity contribution >= 4 is 11.9 Å². The lowest BCUT2D eigenvalue weighted by molar-refractivity contribution is 0.585. The molecule has 0 bridgehead atoms. The van der Waals surface area contributed by atoms with E-state index in [0.717, 1.165) is 5.71 Å². The molecule has 0 saturated heterocycles. The van der Waals surface area contributed by atoms with E-state index in [1.54, 1.807) is 6.21 Å². The Morgan fingerprint density at radius 1 is 1.30 bits per heavy atom. The molecule has 0 spiro atoms. The molecule has 0 unspecified atom stereocenters. The maximum Gasteiger partial charge on any atom is 0.0428 e. The Morgan fingerprint density at radius 3 is 2.10 bits per heavy atom. The molecule has 0 aromatic rings. The minimum atomic E-state index is 0.145. The van der Waals surface area contributed by atoms with Crippen LogP contribution in [-0.4, -0.2) is 11.9 Å². The first-order chi connectivity index (χ1) is 4.48. The number of hydrogen-bond donors (Lipinski definition) is 0. The molecule has 0 aliphatic rings. The molecular weight excluding hydrogens is 124 g/mol. The molecule has 10 heavy (non-hydrogen) atoms. The highest BCUT2D eigenvalue weighted by molar-refractivity contribution is 5.87. The van der Waals surface area contributed by atoms with E-state index in [4.69, 9.17) is 0 Å². The summed E-state index contributed by atoms with van der Waals surface area (Å²) in [5.41, 5.74) is 1.21. The van der Waals surface area contributed by atoms with Crippen LogP contribution in [0, 0.1) is 5.41 Å². The molecule has 0 saturated carbocycles. The normalized spacial score (nSPS) is 14.7. The summed E-state index contributed by atoms with van der Waals surface area (Å²) in [6.07, 6.45) is 1.69. The van der Waals surface area contributed by atoms with Crippen LogP contribution in [0.25, 0.3) is 0 Å². The lowest BCUT2D eigenvalue weighted by Crippen LogP contribution is -2.16. The highest BCUT2D eigenvalue weighted by Gasteiger charge is 2.13. The van der Waals surface area contributed by atoms with E-state index in [1.807, 2.05) is 13.8 Å². The molecule has 0 heterocycles. The number of rotatable bonds is 1. The highest BCUT2D eigenvalue weighted by atomic mass is 15.2. The van der Waals surface area contributed by atoms with Gasteiger partial charge in [-0.2, -0.15) is 10.2 Å². The molecule has 0 aromatic carbocycles. The van der Waals surface area contributed by atoms with Crippen LogP contribution >= 0.6 is 0 Å². The van der Waals surface area contributed by atoms with Gasteiger partial charge in [-0.15, -0.1) is 0 Å². The third-order valence-electron chi connectivity index (χ3n) is 1.41. The number of nitrogens with zero attached hydrogens (tertiary/aromatic N) is 2. The van der Waals surface area contributed by atoms with Gasteiger partial charge in [-0.05, 0) is 13.8 Å². The van der Waals surface area contributed by atoms with Crippen LogP contribution in [0.15, 0.2) is 10.2 Å². The Morgan fingerprint density at radius 2 is 1.80 bits per heavy atom. The molecule has 0 atom stereocenters. The molecule has 2 heteroatoms. The average molecular weight is 140 g/mol. The van der Waals surface area contributed by atoms with E-state index in [0.29, 0.717) is 0 Å². The van der Waals surface area contributed by atoms with Gasteiger partial charge in [0, 0.05) is 17.3 Å². The second-order valence-corrected chi connectivity index (χ2v) is 3.31. The first-order valence-electron chi connectivity index (χ1n) is 3.51. The van der Waals surface area contributed by atoms with Gasteiger partial charge in [0.2, 0.25) is 0 Å². The largest absolute Gasteiger partial charge is 0.164 e. The molecule has 2 nitrogen and oxygen atoms in total. The highest BCUT2D eigenvalue weighted by Crippen LogP contribution is 2.15. The first-order valence-corrected chi connectivity index (χ1v) is 3.51. The van der Waals surface area contributed by atoms with Crippen molar-refractivity contribution in [2.45, 2.75) is 34.6 Å². The Kier molecular flexibility index (Phi) is 3.26. The van der Waals surface area contributed by atoms with Gasteiger partial charge in [0.15, 0.2) is 0 Å². The molecule has 0 fully saturated rings. The molecular formula is C8H16N2. The van der Waals surface area contributed by atoms with E-state index < -0.39 is 0 Å². The summed E-state index contributed by atoms with van der Waals surface area (Å²) in [6.45, 7) is 10.2. The first kappa shape index (κ1) is 9.34. The minimum Gasteiger partial charge on any atom is -0.164 e. The summed E-state index contributed by atoms with van der Waals surface area (Å²) in [7, 11) is 0. The van der Waals surface area contributed by atoms with Crippen LogP contribution in [-0.2, 0) is 0 Å². The molecule has 0 amide bonds. The van der Waals surface area contributed by atoms with Gasteiger partial charge in [0.1, 0.15) is 0 Å². The standard InChI is InChI=1S/C8H16N2/c1-6-9-10-7(2)8(3,4)5/h6H,1-5H3/b9-6-,10-7+. The Balaban J connectivity index is 4.20. The van der Waals surface area contributed by atoms with Crippen LogP contribution in [0.5, 0.6) is 0 Å². The molecule has 0 rings (SSSR count). The third-order valence-corrected chi connectivity index (χ3v) is 1.41. The lowest BCUT2D eigenvalue weighted by Gasteiger charge is -2.15. The van der Waals surface area contributed by atoms with Crippen molar-refractivity contribution in [3.05, 3.63) is 0 Å². The van der Waals surface area contributed by atoms with Gasteiger partial charge in [-0.1, -0.05) is 20.8 Å². The van der Waals surface area contributed by atoms with Crippen molar-refractivity contribution in [1.82, 2.24) is 0 Å². The van der Waals surface area contributed by atoms with Crippen molar-refractivity contribution in [2.24, 2.45) is 15.6 Å². The quantitative estimate of drug-likeness (QED) is 0.395. The summed E-state index contributed by atoms with van der Waals surface area (Å²) in [5.74, 6) is 0. The zero-order valence-electron chi connectivity index (χ0n) is 7.47. The van der Waals surface area contributed by atoms with Crippen molar-refractivity contribution in [3.63, 3.8) is 0 Å². The maximum absolute atomic E-state index is 4.00. The van der Waals surface area contributed by atoms with Crippen LogP contribution in [0.1, 0.15) is 34.6 Å². The topological polar surface area (TPSA) is 24.7 Å². The second kappa shape index (κ2) is 3.49. The maximum atomic E-state index is 4.00. The predicted octanol–water partition coefficient (Wildman–Crippen LogP) is 2.50. The summed E-state index contributed by atoms with van der Waals surface area (Å²) < 4.78 is 0. The van der Waals surface area contributed by atoms with Gasteiger partial charge in [0.05, 0.1) is 0 Å². The van der Waals surface area contributed by atoms with Gasteiger partial charge < -0.3 is 0 Å². The zero-order valence-corrected chi connectivity index (χ0v) is 7.47. The molecule has 0 N–H and O–H groups in total. The Hall–Kier alpha value is -0.660. The van der Waals surface area contributed by atoms with Crippen molar-refractivity contribution in [3.8, 4) is 0 Å².